The van der Waals surface area contributed by atoms with Crippen LogP contribution < -0.4 is 0 Å². The highest BCUT2D eigenvalue weighted by molar-refractivity contribution is 7.99. The number of thioether (sulfide) groups is 1. The lowest BCUT2D eigenvalue weighted by Crippen LogP contribution is -2.20. The maximum atomic E-state index is 11.8. The van der Waals surface area contributed by atoms with Crippen LogP contribution in [0.1, 0.15) is 91.4 Å². The minimum Gasteiger partial charge on any atom is -0.462 e. The number of ether oxygens (including phenoxy) is 2. The molecule has 0 N–H and O–H groups in total. The summed E-state index contributed by atoms with van der Waals surface area (Å²) in [6.45, 7) is 6.19. The van der Waals surface area contributed by atoms with Crippen molar-refractivity contribution in [1.82, 2.24) is 0 Å². The van der Waals surface area contributed by atoms with E-state index in [0.717, 1.165) is 11.5 Å². The average Bonchev–Trinajstić information content (AvgIpc) is 2.65. The summed E-state index contributed by atoms with van der Waals surface area (Å²) in [5, 5.41) is 0. The van der Waals surface area contributed by atoms with Crippen LogP contribution in [0.25, 0.3) is 0 Å². The highest BCUT2D eigenvalue weighted by Gasteiger charge is 2.14. The standard InChI is InChI=1S/C21H40O4S/c1-4-6-7-8-9-10-11-12-13-14-17-26-18-19(3)21(23)25-16-15-24-20(22)5-2/h19H,4-18H2,1-3H3. The molecule has 0 spiro atoms. The smallest absolute Gasteiger partial charge is 0.309 e. The van der Waals surface area contributed by atoms with Gasteiger partial charge in [-0.05, 0) is 12.2 Å². The Balaban J connectivity index is 3.35. The highest BCUT2D eigenvalue weighted by atomic mass is 32.2. The summed E-state index contributed by atoms with van der Waals surface area (Å²) in [7, 11) is 0. The average molecular weight is 389 g/mol. The molecule has 0 saturated heterocycles. The number of esters is 2. The van der Waals surface area contributed by atoms with Gasteiger partial charge in [0.05, 0.1) is 5.92 Å². The SMILES string of the molecule is CCCCCCCCCCCCSCC(C)C(=O)OCCOC(=O)CC. The maximum absolute atomic E-state index is 11.8. The molecule has 4 nitrogen and oxygen atoms in total. The molecule has 0 fully saturated rings. The van der Waals surface area contributed by atoms with E-state index in [2.05, 4.69) is 6.92 Å². The van der Waals surface area contributed by atoms with Gasteiger partial charge in [-0.1, -0.05) is 78.6 Å². The van der Waals surface area contributed by atoms with Crippen molar-refractivity contribution in [3.8, 4) is 0 Å². The molecule has 0 bridgehead atoms. The van der Waals surface area contributed by atoms with Crippen molar-refractivity contribution >= 4 is 23.7 Å². The van der Waals surface area contributed by atoms with Crippen LogP contribution in [0, 0.1) is 5.92 Å². The Bertz CT molecular complexity index is 347. The van der Waals surface area contributed by atoms with Crippen molar-refractivity contribution in [2.75, 3.05) is 24.7 Å². The summed E-state index contributed by atoms with van der Waals surface area (Å²) in [5.41, 5.74) is 0. The summed E-state index contributed by atoms with van der Waals surface area (Å²) in [6, 6.07) is 0. The van der Waals surface area contributed by atoms with Crippen LogP contribution in [-0.2, 0) is 19.1 Å². The number of unbranched alkanes of at least 4 members (excludes halogenated alkanes) is 9. The molecular weight excluding hydrogens is 348 g/mol. The van der Waals surface area contributed by atoms with Crippen molar-refractivity contribution < 1.29 is 19.1 Å². The minimum absolute atomic E-state index is 0.106. The van der Waals surface area contributed by atoms with E-state index in [0.29, 0.717) is 6.42 Å². The molecule has 0 heterocycles. The second-order valence-corrected chi connectivity index (χ2v) is 8.05. The summed E-state index contributed by atoms with van der Waals surface area (Å²) in [6.07, 6.45) is 13.9. The Morgan fingerprint density at radius 1 is 0.808 bits per heavy atom. The maximum Gasteiger partial charge on any atom is 0.309 e. The lowest BCUT2D eigenvalue weighted by atomic mass is 10.1. The minimum atomic E-state index is -0.263. The molecule has 0 saturated carbocycles. The second-order valence-electron chi connectivity index (χ2n) is 6.90. The normalized spacial score (nSPS) is 12.0. The second kappa shape index (κ2) is 19.1. The van der Waals surface area contributed by atoms with Crippen LogP contribution in [0.3, 0.4) is 0 Å². The zero-order valence-corrected chi connectivity index (χ0v) is 18.0. The van der Waals surface area contributed by atoms with E-state index >= 15 is 0 Å². The first kappa shape index (κ1) is 25.3. The summed E-state index contributed by atoms with van der Waals surface area (Å²) in [5.74, 6) is 1.34. The Morgan fingerprint density at radius 3 is 1.92 bits per heavy atom. The monoisotopic (exact) mass is 388 g/mol. The summed E-state index contributed by atoms with van der Waals surface area (Å²) >= 11 is 1.83. The zero-order valence-electron chi connectivity index (χ0n) is 17.2. The van der Waals surface area contributed by atoms with Crippen molar-refractivity contribution in [2.45, 2.75) is 91.4 Å². The number of carbonyl (C=O) groups is 2. The lowest BCUT2D eigenvalue weighted by Gasteiger charge is -2.11. The number of hydrogen-bond acceptors (Lipinski definition) is 5. The van der Waals surface area contributed by atoms with E-state index in [-0.39, 0.29) is 31.1 Å². The van der Waals surface area contributed by atoms with Gasteiger partial charge in [-0.3, -0.25) is 9.59 Å². The van der Waals surface area contributed by atoms with Gasteiger partial charge in [-0.2, -0.15) is 11.8 Å². The Labute approximate surface area is 165 Å². The van der Waals surface area contributed by atoms with Crippen molar-refractivity contribution in [2.24, 2.45) is 5.92 Å². The third-order valence-electron chi connectivity index (χ3n) is 4.29. The van der Waals surface area contributed by atoms with Crippen LogP contribution in [0.2, 0.25) is 0 Å². The van der Waals surface area contributed by atoms with Crippen molar-refractivity contribution in [1.29, 1.82) is 0 Å². The van der Waals surface area contributed by atoms with Gasteiger partial charge in [0.2, 0.25) is 0 Å². The van der Waals surface area contributed by atoms with Gasteiger partial charge < -0.3 is 9.47 Å². The summed E-state index contributed by atoms with van der Waals surface area (Å²) in [4.78, 5) is 22.8. The number of rotatable bonds is 18. The molecule has 0 aliphatic rings. The fraction of sp³-hybridized carbons (Fsp3) is 0.905. The molecule has 0 aliphatic carbocycles. The van der Waals surface area contributed by atoms with Gasteiger partial charge in [0.25, 0.3) is 0 Å². The van der Waals surface area contributed by atoms with Crippen LogP contribution in [0.15, 0.2) is 0 Å². The predicted octanol–water partition coefficient (Wildman–Crippen LogP) is 5.77. The quantitative estimate of drug-likeness (QED) is 0.220. The van der Waals surface area contributed by atoms with Crippen LogP contribution in [0.5, 0.6) is 0 Å². The van der Waals surface area contributed by atoms with Gasteiger partial charge in [0.1, 0.15) is 13.2 Å². The molecular formula is C21H40O4S. The zero-order chi connectivity index (χ0) is 19.5. The van der Waals surface area contributed by atoms with E-state index in [1.165, 1.54) is 64.2 Å². The molecule has 0 aliphatic heterocycles. The van der Waals surface area contributed by atoms with Crippen molar-refractivity contribution in [3.63, 3.8) is 0 Å². The van der Waals surface area contributed by atoms with E-state index in [1.54, 1.807) is 6.92 Å². The Morgan fingerprint density at radius 2 is 1.35 bits per heavy atom. The Kier molecular flexibility index (Phi) is 18.5. The third-order valence-corrected chi connectivity index (χ3v) is 5.60. The molecule has 0 aromatic heterocycles. The van der Waals surface area contributed by atoms with Gasteiger partial charge in [0.15, 0.2) is 0 Å². The third kappa shape index (κ3) is 16.7. The molecule has 5 heteroatoms. The van der Waals surface area contributed by atoms with Crippen LogP contribution >= 0.6 is 11.8 Å². The molecule has 0 rings (SSSR count). The molecule has 0 radical (unpaired) electrons. The van der Waals surface area contributed by atoms with E-state index in [4.69, 9.17) is 9.47 Å². The molecule has 0 aromatic rings. The first-order valence-electron chi connectivity index (χ1n) is 10.5. The first-order chi connectivity index (χ1) is 12.6. The largest absolute Gasteiger partial charge is 0.462 e. The molecule has 0 aromatic carbocycles. The molecule has 26 heavy (non-hydrogen) atoms. The first-order valence-corrected chi connectivity index (χ1v) is 11.7. The fourth-order valence-electron chi connectivity index (χ4n) is 2.56. The summed E-state index contributed by atoms with van der Waals surface area (Å²) < 4.78 is 10.0. The molecule has 154 valence electrons. The van der Waals surface area contributed by atoms with Crippen molar-refractivity contribution in [3.05, 3.63) is 0 Å². The van der Waals surface area contributed by atoms with Gasteiger partial charge in [-0.15, -0.1) is 0 Å². The topological polar surface area (TPSA) is 52.6 Å². The molecule has 0 amide bonds. The van der Waals surface area contributed by atoms with Gasteiger partial charge in [0, 0.05) is 12.2 Å². The number of carbonyl (C=O) groups excluding carboxylic acids is 2. The fourth-order valence-corrected chi connectivity index (χ4v) is 3.63. The Hall–Kier alpha value is -0.710. The number of hydrogen-bond donors (Lipinski definition) is 0. The van der Waals surface area contributed by atoms with Crippen LogP contribution in [0.4, 0.5) is 0 Å². The highest BCUT2D eigenvalue weighted by Crippen LogP contribution is 2.15. The van der Waals surface area contributed by atoms with E-state index < -0.39 is 0 Å². The van der Waals surface area contributed by atoms with E-state index in [9.17, 15) is 9.59 Å². The van der Waals surface area contributed by atoms with Gasteiger partial charge in [-0.25, -0.2) is 0 Å². The lowest BCUT2D eigenvalue weighted by molar-refractivity contribution is -0.154. The van der Waals surface area contributed by atoms with Crippen LogP contribution in [-0.4, -0.2) is 36.7 Å². The predicted molar refractivity (Wildman–Crippen MR) is 111 cm³/mol. The molecule has 1 unspecified atom stereocenters. The van der Waals surface area contributed by atoms with Gasteiger partial charge >= 0.3 is 11.9 Å². The molecule has 1 atom stereocenters. The van der Waals surface area contributed by atoms with E-state index in [1.807, 2.05) is 18.7 Å².